The van der Waals surface area contributed by atoms with Crippen LogP contribution in [0, 0.1) is 5.92 Å². The molecule has 168 valence electrons. The highest BCUT2D eigenvalue weighted by molar-refractivity contribution is 5.93. The van der Waals surface area contributed by atoms with Crippen LogP contribution in [0.15, 0.2) is 0 Å². The van der Waals surface area contributed by atoms with Crippen molar-refractivity contribution in [1.82, 2.24) is 30.5 Å². The number of nitrogens with zero attached hydrogens (tertiary/aromatic N) is 4. The van der Waals surface area contributed by atoms with Crippen LogP contribution in [0.25, 0.3) is 0 Å². The summed E-state index contributed by atoms with van der Waals surface area (Å²) in [6.45, 7) is 5.42. The fourth-order valence-corrected chi connectivity index (χ4v) is 3.73. The molecule has 1 aromatic rings. The van der Waals surface area contributed by atoms with E-state index < -0.39 is 12.1 Å². The Bertz CT molecular complexity index is 733. The minimum absolute atomic E-state index is 0.0834. The maximum atomic E-state index is 12.7. The van der Waals surface area contributed by atoms with Gasteiger partial charge in [-0.2, -0.15) is 0 Å². The van der Waals surface area contributed by atoms with Gasteiger partial charge in [-0.3, -0.25) is 14.5 Å². The fraction of sp³-hybridized carbons (Fsp3) is 0.750. The molecule has 1 aliphatic rings. The Hall–Kier alpha value is -2.65. The largest absolute Gasteiger partial charge is 0.465 e. The maximum absolute atomic E-state index is 12.7. The van der Waals surface area contributed by atoms with Gasteiger partial charge in [0.15, 0.2) is 5.69 Å². The van der Waals surface area contributed by atoms with E-state index in [1.165, 1.54) is 4.90 Å². The molecule has 0 saturated carbocycles. The summed E-state index contributed by atoms with van der Waals surface area (Å²) >= 11 is 0. The first kappa shape index (κ1) is 23.6. The van der Waals surface area contributed by atoms with Crippen molar-refractivity contribution in [3.05, 3.63) is 11.4 Å². The molecule has 2 heterocycles. The average Bonchev–Trinajstić information content (AvgIpc) is 3.14. The van der Waals surface area contributed by atoms with Crippen LogP contribution in [0.4, 0.5) is 4.79 Å². The molecule has 0 spiro atoms. The van der Waals surface area contributed by atoms with Gasteiger partial charge in [0, 0.05) is 26.6 Å². The topological polar surface area (TPSA) is 129 Å². The van der Waals surface area contributed by atoms with Crippen molar-refractivity contribution >= 4 is 17.9 Å². The third kappa shape index (κ3) is 6.43. The van der Waals surface area contributed by atoms with Gasteiger partial charge in [0.25, 0.3) is 5.91 Å². The molecule has 0 fully saturated rings. The minimum atomic E-state index is -0.994. The number of carbonyl (C=O) groups is 3. The lowest BCUT2D eigenvalue weighted by molar-refractivity contribution is -0.120. The molecule has 1 aliphatic heterocycles. The zero-order valence-corrected chi connectivity index (χ0v) is 18.2. The lowest BCUT2D eigenvalue weighted by Gasteiger charge is -2.34. The van der Waals surface area contributed by atoms with E-state index in [2.05, 4.69) is 34.8 Å². The second kappa shape index (κ2) is 11.5. The van der Waals surface area contributed by atoms with Crippen LogP contribution in [0.3, 0.4) is 0 Å². The van der Waals surface area contributed by atoms with Crippen LogP contribution in [0.1, 0.15) is 81.0 Å². The molecule has 0 aromatic carbocycles. The summed E-state index contributed by atoms with van der Waals surface area (Å²) in [5.74, 6) is 0.185. The van der Waals surface area contributed by atoms with Crippen LogP contribution in [0.2, 0.25) is 0 Å². The Kier molecular flexibility index (Phi) is 9.07. The minimum Gasteiger partial charge on any atom is -0.465 e. The molecule has 3 N–H and O–H groups in total. The molecule has 3 amide bonds. The van der Waals surface area contributed by atoms with E-state index in [4.69, 9.17) is 0 Å². The summed E-state index contributed by atoms with van der Waals surface area (Å²) < 4.78 is 1.65. The average molecular weight is 423 g/mol. The highest BCUT2D eigenvalue weighted by Crippen LogP contribution is 2.32. The smallest absolute Gasteiger partial charge is 0.407 e. The lowest BCUT2D eigenvalue weighted by atomic mass is 9.98. The second-order valence-electron chi connectivity index (χ2n) is 8.10. The Morgan fingerprint density at radius 2 is 1.93 bits per heavy atom. The highest BCUT2D eigenvalue weighted by Gasteiger charge is 2.36. The van der Waals surface area contributed by atoms with Gasteiger partial charge in [0.05, 0.1) is 18.3 Å². The number of nitrogens with one attached hydrogen (secondary N) is 2. The van der Waals surface area contributed by atoms with Gasteiger partial charge in [0.2, 0.25) is 5.91 Å². The zero-order chi connectivity index (χ0) is 22.1. The third-order valence-corrected chi connectivity index (χ3v) is 5.38. The molecule has 2 rings (SSSR count). The lowest BCUT2D eigenvalue weighted by Crippen LogP contribution is -2.42. The fourth-order valence-electron chi connectivity index (χ4n) is 3.73. The van der Waals surface area contributed by atoms with E-state index in [1.54, 1.807) is 11.7 Å². The standard InChI is InChI=1S/C20H34N6O4/c1-14(2)8-5-4-6-9-15-18-17(19(28)22-11-7-10-16(27)21-3)23-24-26(18)13-12-25(15)20(29)30/h14-15H,4-13H2,1-3H3,(H,21,27)(H,22,28)(H,29,30). The van der Waals surface area contributed by atoms with Crippen LogP contribution < -0.4 is 10.6 Å². The molecular weight excluding hydrogens is 388 g/mol. The second-order valence-corrected chi connectivity index (χ2v) is 8.10. The molecule has 1 aromatic heterocycles. The molecular formula is C20H34N6O4. The molecule has 0 bridgehead atoms. The number of amides is 3. The number of rotatable bonds is 11. The normalized spacial score (nSPS) is 15.7. The van der Waals surface area contributed by atoms with Crippen molar-refractivity contribution in [3.63, 3.8) is 0 Å². The van der Waals surface area contributed by atoms with Crippen molar-refractivity contribution in [1.29, 1.82) is 0 Å². The van der Waals surface area contributed by atoms with E-state index in [1.807, 2.05) is 0 Å². The van der Waals surface area contributed by atoms with E-state index >= 15 is 0 Å². The number of carbonyl (C=O) groups excluding carboxylic acids is 2. The predicted octanol–water partition coefficient (Wildman–Crippen LogP) is 2.18. The summed E-state index contributed by atoms with van der Waals surface area (Å²) in [6.07, 6.45) is 4.62. The molecule has 10 heteroatoms. The number of aromatic nitrogens is 3. The van der Waals surface area contributed by atoms with Crippen molar-refractivity contribution < 1.29 is 19.5 Å². The molecule has 30 heavy (non-hydrogen) atoms. The number of hydrogen-bond acceptors (Lipinski definition) is 5. The number of hydrogen-bond donors (Lipinski definition) is 3. The number of unbranched alkanes of at least 4 members (excludes halogenated alkanes) is 2. The van der Waals surface area contributed by atoms with Crippen molar-refractivity contribution in [2.75, 3.05) is 20.1 Å². The Balaban J connectivity index is 2.05. The van der Waals surface area contributed by atoms with Crippen LogP contribution in [-0.2, 0) is 11.3 Å². The molecule has 10 nitrogen and oxygen atoms in total. The summed E-state index contributed by atoms with van der Waals surface area (Å²) in [5, 5.41) is 23.1. The first-order valence-corrected chi connectivity index (χ1v) is 10.8. The van der Waals surface area contributed by atoms with E-state index in [9.17, 15) is 19.5 Å². The monoisotopic (exact) mass is 422 g/mol. The van der Waals surface area contributed by atoms with Crippen molar-refractivity contribution in [2.24, 2.45) is 5.92 Å². The van der Waals surface area contributed by atoms with Crippen LogP contribution in [-0.4, -0.2) is 63.0 Å². The predicted molar refractivity (Wildman–Crippen MR) is 111 cm³/mol. The molecule has 0 aliphatic carbocycles. The number of fused-ring (bicyclic) bond motifs is 1. The van der Waals surface area contributed by atoms with Gasteiger partial charge >= 0.3 is 6.09 Å². The van der Waals surface area contributed by atoms with Crippen LogP contribution >= 0.6 is 0 Å². The maximum Gasteiger partial charge on any atom is 0.407 e. The Labute approximate surface area is 177 Å². The van der Waals surface area contributed by atoms with E-state index in [0.717, 1.165) is 25.7 Å². The van der Waals surface area contributed by atoms with Gasteiger partial charge < -0.3 is 15.7 Å². The quantitative estimate of drug-likeness (QED) is 0.469. The Morgan fingerprint density at radius 3 is 2.60 bits per heavy atom. The summed E-state index contributed by atoms with van der Waals surface area (Å²) in [4.78, 5) is 37.2. The Morgan fingerprint density at radius 1 is 1.17 bits per heavy atom. The van der Waals surface area contributed by atoms with Gasteiger partial charge in [-0.25, -0.2) is 9.48 Å². The first-order valence-electron chi connectivity index (χ1n) is 10.8. The zero-order valence-electron chi connectivity index (χ0n) is 18.2. The SMILES string of the molecule is CNC(=O)CCCNC(=O)c1nnn2c1C(CCCCCC(C)C)N(C(=O)O)CC2. The van der Waals surface area contributed by atoms with Gasteiger partial charge in [-0.1, -0.05) is 44.7 Å². The van der Waals surface area contributed by atoms with Gasteiger partial charge in [-0.05, 0) is 18.8 Å². The first-order chi connectivity index (χ1) is 14.3. The molecule has 0 saturated heterocycles. The third-order valence-electron chi connectivity index (χ3n) is 5.38. The van der Waals surface area contributed by atoms with E-state index in [0.29, 0.717) is 50.5 Å². The summed E-state index contributed by atoms with van der Waals surface area (Å²) in [5.41, 5.74) is 0.740. The highest BCUT2D eigenvalue weighted by atomic mass is 16.4. The molecule has 1 unspecified atom stereocenters. The summed E-state index contributed by atoms with van der Waals surface area (Å²) in [7, 11) is 1.57. The van der Waals surface area contributed by atoms with Crippen molar-refractivity contribution in [3.8, 4) is 0 Å². The van der Waals surface area contributed by atoms with Gasteiger partial charge in [-0.15, -0.1) is 5.10 Å². The molecule has 0 radical (unpaired) electrons. The van der Waals surface area contributed by atoms with E-state index in [-0.39, 0.29) is 17.5 Å². The number of carboxylic acid groups (broad SMARTS) is 1. The van der Waals surface area contributed by atoms with Crippen molar-refractivity contribution in [2.45, 2.75) is 71.4 Å². The summed E-state index contributed by atoms with van der Waals surface area (Å²) in [6, 6.07) is -0.433. The van der Waals surface area contributed by atoms with Gasteiger partial charge in [0.1, 0.15) is 0 Å². The molecule has 1 atom stereocenters. The van der Waals surface area contributed by atoms with Crippen LogP contribution in [0.5, 0.6) is 0 Å².